The Balaban J connectivity index is 1.94. The lowest BCUT2D eigenvalue weighted by Gasteiger charge is -2.29. The molecule has 1 aliphatic heterocycles. The molecule has 1 fully saturated rings. The van der Waals surface area contributed by atoms with E-state index < -0.39 is 29.2 Å². The number of hydrogen-bond donors (Lipinski definition) is 1. The van der Waals surface area contributed by atoms with Crippen molar-refractivity contribution in [1.82, 2.24) is 0 Å². The van der Waals surface area contributed by atoms with Crippen molar-refractivity contribution in [3.8, 4) is 0 Å². The Morgan fingerprint density at radius 3 is 2.41 bits per heavy atom. The highest BCUT2D eigenvalue weighted by Crippen LogP contribution is 2.43. The fourth-order valence-electron chi connectivity index (χ4n) is 3.76. The predicted molar refractivity (Wildman–Crippen MR) is 94.3 cm³/mol. The second-order valence-electron chi connectivity index (χ2n) is 6.94. The Bertz CT molecular complexity index is 809. The van der Waals surface area contributed by atoms with E-state index in [0.29, 0.717) is 12.8 Å². The summed E-state index contributed by atoms with van der Waals surface area (Å²) in [5.74, 6) is -1.21. The molecule has 8 heteroatoms. The molecule has 1 aliphatic carbocycles. The number of esters is 1. The Hall–Kier alpha value is -2.02. The molecule has 0 aromatic heterocycles. The smallest absolute Gasteiger partial charge is 0.416 e. The van der Waals surface area contributed by atoms with Gasteiger partial charge in [-0.25, -0.2) is 4.79 Å². The molecule has 2 aliphatic rings. The maximum atomic E-state index is 13.0. The minimum atomic E-state index is -4.56. The van der Waals surface area contributed by atoms with E-state index in [-0.39, 0.29) is 21.9 Å². The number of carbonyl (C=O) groups is 2. The summed E-state index contributed by atoms with van der Waals surface area (Å²) in [5, 5.41) is 2.43. The fraction of sp³-hybridized carbons (Fsp3) is 0.474. The lowest BCUT2D eigenvalue weighted by Crippen LogP contribution is -2.36. The molecule has 1 spiro atoms. The van der Waals surface area contributed by atoms with Crippen molar-refractivity contribution in [2.75, 3.05) is 5.32 Å². The molecule has 0 saturated heterocycles. The normalized spacial score (nSPS) is 19.8. The first-order valence-corrected chi connectivity index (χ1v) is 9.15. The van der Waals surface area contributed by atoms with Crippen molar-refractivity contribution < 1.29 is 27.5 Å². The van der Waals surface area contributed by atoms with E-state index in [4.69, 9.17) is 16.3 Å². The number of alkyl halides is 3. The van der Waals surface area contributed by atoms with Crippen molar-refractivity contribution in [3.05, 3.63) is 39.9 Å². The second-order valence-corrected chi connectivity index (χ2v) is 7.35. The molecule has 1 saturated carbocycles. The Morgan fingerprint density at radius 1 is 1.19 bits per heavy atom. The zero-order chi connectivity index (χ0) is 19.8. The summed E-state index contributed by atoms with van der Waals surface area (Å²) in [6, 6.07) is 2.71. The molecule has 1 amide bonds. The molecule has 0 unspecified atom stereocenters. The largest absolute Gasteiger partial charge is 0.451 e. The van der Waals surface area contributed by atoms with Gasteiger partial charge in [0.05, 0.1) is 21.8 Å². The standard InChI is InChI=1S/C19H19ClF3NO3/c1-11-15(18(27-17(11)26)8-4-2-3-5-9-18)16(25)24-14-10-12(19(21,22)23)6-7-13(14)20/h6-7,10H,2-5,8-9H2,1H3,(H,24,25). The zero-order valence-electron chi connectivity index (χ0n) is 14.7. The zero-order valence-corrected chi connectivity index (χ0v) is 15.5. The van der Waals surface area contributed by atoms with Crippen LogP contribution in [0, 0.1) is 0 Å². The van der Waals surface area contributed by atoms with Crippen LogP contribution in [-0.2, 0) is 20.5 Å². The molecule has 4 nitrogen and oxygen atoms in total. The van der Waals surface area contributed by atoms with Gasteiger partial charge in [0.2, 0.25) is 0 Å². The molecule has 1 aromatic carbocycles. The third-order valence-electron chi connectivity index (χ3n) is 5.11. The number of carbonyl (C=O) groups excluding carboxylic acids is 2. The third kappa shape index (κ3) is 3.83. The molecule has 0 bridgehead atoms. The van der Waals surface area contributed by atoms with Crippen LogP contribution in [0.25, 0.3) is 0 Å². The van der Waals surface area contributed by atoms with Crippen molar-refractivity contribution in [2.24, 2.45) is 0 Å². The van der Waals surface area contributed by atoms with E-state index in [1.807, 2.05) is 0 Å². The van der Waals surface area contributed by atoms with Gasteiger partial charge in [-0.1, -0.05) is 24.4 Å². The molecule has 27 heavy (non-hydrogen) atoms. The van der Waals surface area contributed by atoms with Gasteiger partial charge in [-0.2, -0.15) is 13.2 Å². The van der Waals surface area contributed by atoms with Crippen LogP contribution in [0.4, 0.5) is 18.9 Å². The summed E-state index contributed by atoms with van der Waals surface area (Å²) in [5.41, 5.74) is -1.69. The van der Waals surface area contributed by atoms with E-state index in [2.05, 4.69) is 5.32 Å². The van der Waals surface area contributed by atoms with Crippen LogP contribution < -0.4 is 5.32 Å². The lowest BCUT2D eigenvalue weighted by atomic mass is 9.84. The van der Waals surface area contributed by atoms with E-state index in [1.165, 1.54) is 6.92 Å². The Morgan fingerprint density at radius 2 is 1.81 bits per heavy atom. The van der Waals surface area contributed by atoms with Crippen LogP contribution in [0.3, 0.4) is 0 Å². The predicted octanol–water partition coefficient (Wildman–Crippen LogP) is 5.26. The molecule has 0 atom stereocenters. The van der Waals surface area contributed by atoms with Crippen LogP contribution in [-0.4, -0.2) is 17.5 Å². The highest BCUT2D eigenvalue weighted by molar-refractivity contribution is 6.34. The second kappa shape index (κ2) is 7.19. The van der Waals surface area contributed by atoms with Crippen LogP contribution in [0.15, 0.2) is 29.3 Å². The molecule has 146 valence electrons. The van der Waals surface area contributed by atoms with Gasteiger partial charge in [-0.15, -0.1) is 0 Å². The minimum absolute atomic E-state index is 0.0187. The SMILES string of the molecule is CC1=C(C(=O)Nc2cc(C(F)(F)F)ccc2Cl)C2(CCCCCC2)OC1=O. The van der Waals surface area contributed by atoms with Crippen molar-refractivity contribution in [1.29, 1.82) is 0 Å². The first-order chi connectivity index (χ1) is 12.6. The average molecular weight is 402 g/mol. The molecule has 0 radical (unpaired) electrons. The quantitative estimate of drug-likeness (QED) is 0.687. The summed E-state index contributed by atoms with van der Waals surface area (Å²) in [6.45, 7) is 1.50. The molecular formula is C19H19ClF3NO3. The third-order valence-corrected chi connectivity index (χ3v) is 5.43. The number of hydrogen-bond acceptors (Lipinski definition) is 3. The Labute approximate surface area is 159 Å². The molecule has 1 heterocycles. The Kier molecular flexibility index (Phi) is 5.25. The minimum Gasteiger partial charge on any atom is -0.451 e. The van der Waals surface area contributed by atoms with Gasteiger partial charge in [-0.05, 0) is 50.8 Å². The monoisotopic (exact) mass is 401 g/mol. The molecule has 1 aromatic rings. The number of halogens is 4. The van der Waals surface area contributed by atoms with Crippen LogP contribution >= 0.6 is 11.6 Å². The maximum Gasteiger partial charge on any atom is 0.416 e. The average Bonchev–Trinajstić information content (AvgIpc) is 2.73. The highest BCUT2D eigenvalue weighted by atomic mass is 35.5. The summed E-state index contributed by atoms with van der Waals surface area (Å²) < 4.78 is 44.4. The summed E-state index contributed by atoms with van der Waals surface area (Å²) in [7, 11) is 0. The van der Waals surface area contributed by atoms with Gasteiger partial charge in [0.1, 0.15) is 5.60 Å². The van der Waals surface area contributed by atoms with E-state index in [0.717, 1.165) is 43.9 Å². The van der Waals surface area contributed by atoms with Crippen molar-refractivity contribution in [2.45, 2.75) is 57.2 Å². The molecule has 1 N–H and O–H groups in total. The fourth-order valence-corrected chi connectivity index (χ4v) is 3.92. The lowest BCUT2D eigenvalue weighted by molar-refractivity contribution is -0.148. The number of benzene rings is 1. The molecular weight excluding hydrogens is 383 g/mol. The summed E-state index contributed by atoms with van der Waals surface area (Å²) >= 11 is 5.97. The maximum absolute atomic E-state index is 13.0. The van der Waals surface area contributed by atoms with Crippen LogP contribution in [0.5, 0.6) is 0 Å². The van der Waals surface area contributed by atoms with Gasteiger partial charge < -0.3 is 10.1 Å². The van der Waals surface area contributed by atoms with Gasteiger partial charge in [0.15, 0.2) is 0 Å². The highest BCUT2D eigenvalue weighted by Gasteiger charge is 2.49. The summed E-state index contributed by atoms with van der Waals surface area (Å²) in [4.78, 5) is 25.1. The number of amides is 1. The number of anilines is 1. The van der Waals surface area contributed by atoms with Crippen molar-refractivity contribution >= 4 is 29.2 Å². The van der Waals surface area contributed by atoms with E-state index >= 15 is 0 Å². The molecule has 3 rings (SSSR count). The van der Waals surface area contributed by atoms with Gasteiger partial charge in [-0.3, -0.25) is 4.79 Å². The first kappa shape index (κ1) is 19.7. The van der Waals surface area contributed by atoms with E-state index in [9.17, 15) is 22.8 Å². The number of nitrogens with one attached hydrogen (secondary N) is 1. The van der Waals surface area contributed by atoms with Gasteiger partial charge >= 0.3 is 12.1 Å². The van der Waals surface area contributed by atoms with Gasteiger partial charge in [0, 0.05) is 5.57 Å². The van der Waals surface area contributed by atoms with Crippen LogP contribution in [0.2, 0.25) is 5.02 Å². The number of rotatable bonds is 2. The van der Waals surface area contributed by atoms with Crippen molar-refractivity contribution in [3.63, 3.8) is 0 Å². The topological polar surface area (TPSA) is 55.4 Å². The summed E-state index contributed by atoms with van der Waals surface area (Å²) in [6.07, 6.45) is 0.0568. The first-order valence-electron chi connectivity index (χ1n) is 8.77. The van der Waals surface area contributed by atoms with E-state index in [1.54, 1.807) is 0 Å². The number of ether oxygens (including phenoxy) is 1. The van der Waals surface area contributed by atoms with Crippen LogP contribution in [0.1, 0.15) is 51.0 Å². The van der Waals surface area contributed by atoms with Gasteiger partial charge in [0.25, 0.3) is 5.91 Å².